The number of nitrogens with zero attached hydrogens (tertiary/aromatic N) is 3. The number of oxime groups is 1. The largest absolute Gasteiger partial charge is 0.422 e. The van der Waals surface area contributed by atoms with Crippen LogP contribution in [0.25, 0.3) is 22.2 Å². The predicted molar refractivity (Wildman–Crippen MR) is 117 cm³/mol. The lowest BCUT2D eigenvalue weighted by Crippen LogP contribution is -2.14. The highest BCUT2D eigenvalue weighted by Gasteiger charge is 2.14. The van der Waals surface area contributed by atoms with Gasteiger partial charge in [-0.1, -0.05) is 47.1 Å². The van der Waals surface area contributed by atoms with E-state index < -0.39 is 5.63 Å². The lowest BCUT2D eigenvalue weighted by atomic mass is 10.1. The molecule has 0 fully saturated rings. The van der Waals surface area contributed by atoms with Crippen LogP contribution < -0.4 is 11.1 Å². The average Bonchev–Trinajstić information content (AvgIpc) is 3.19. The third-order valence-electron chi connectivity index (χ3n) is 4.42. The van der Waals surface area contributed by atoms with Gasteiger partial charge in [0.25, 0.3) is 0 Å². The Bertz CT molecular complexity index is 1330. The molecule has 0 saturated carbocycles. The zero-order valence-electron chi connectivity index (χ0n) is 15.8. The molecule has 4 rings (SSSR count). The van der Waals surface area contributed by atoms with Crippen LogP contribution in [-0.4, -0.2) is 26.8 Å². The molecule has 150 valence electrons. The second-order valence-corrected chi connectivity index (χ2v) is 6.81. The molecule has 0 amide bonds. The number of fused-ring (bicyclic) bond motifs is 1. The van der Waals surface area contributed by atoms with Crippen molar-refractivity contribution >= 4 is 39.7 Å². The topological polar surface area (TPSA) is 116 Å². The van der Waals surface area contributed by atoms with Crippen LogP contribution in [0, 0.1) is 0 Å². The van der Waals surface area contributed by atoms with Gasteiger partial charge in [0.1, 0.15) is 22.7 Å². The van der Waals surface area contributed by atoms with Crippen LogP contribution in [0.3, 0.4) is 0 Å². The molecule has 2 aromatic heterocycles. The number of H-pyrrole nitrogens is 1. The van der Waals surface area contributed by atoms with E-state index in [1.807, 2.05) is 30.3 Å². The van der Waals surface area contributed by atoms with Gasteiger partial charge in [0.15, 0.2) is 0 Å². The van der Waals surface area contributed by atoms with E-state index in [2.05, 4.69) is 25.9 Å². The minimum atomic E-state index is -0.551. The van der Waals surface area contributed by atoms with Crippen LogP contribution >= 0.6 is 11.6 Å². The van der Waals surface area contributed by atoms with Gasteiger partial charge in [-0.15, -0.1) is 0 Å². The molecule has 30 heavy (non-hydrogen) atoms. The highest BCUT2D eigenvalue weighted by Crippen LogP contribution is 2.26. The highest BCUT2D eigenvalue weighted by molar-refractivity contribution is 6.47. The SMILES string of the molecule is CC(=NO)C(=NNc1ccc2cc(-c3n[nH]cc3Cl)c(=O)oc2c1)c1ccccc1. The van der Waals surface area contributed by atoms with Crippen molar-refractivity contribution in [1.82, 2.24) is 10.2 Å². The van der Waals surface area contributed by atoms with Crippen molar-refractivity contribution in [2.45, 2.75) is 6.92 Å². The van der Waals surface area contributed by atoms with Crippen LogP contribution in [0.4, 0.5) is 5.69 Å². The van der Waals surface area contributed by atoms with Gasteiger partial charge in [-0.05, 0) is 25.1 Å². The molecule has 0 aliphatic carbocycles. The van der Waals surface area contributed by atoms with E-state index in [1.54, 1.807) is 31.2 Å². The van der Waals surface area contributed by atoms with E-state index in [0.717, 1.165) is 5.56 Å². The van der Waals surface area contributed by atoms with Gasteiger partial charge in [-0.3, -0.25) is 10.5 Å². The number of aromatic amines is 1. The maximum atomic E-state index is 12.4. The molecule has 3 N–H and O–H groups in total. The zero-order chi connectivity index (χ0) is 21.1. The normalized spacial score (nSPS) is 12.3. The standard InChI is InChI=1S/C21H16ClN5O3/c1-12(27-29)19(13-5-3-2-4-6-13)26-24-15-8-7-14-9-16(20-17(22)11-23-25-20)21(28)30-18(14)10-15/h2-11,24,29H,1H3,(H,23,25). The van der Waals surface area contributed by atoms with E-state index in [9.17, 15) is 10.0 Å². The van der Waals surface area contributed by atoms with Crippen LogP contribution in [0.1, 0.15) is 12.5 Å². The van der Waals surface area contributed by atoms with E-state index in [0.29, 0.717) is 38.8 Å². The Balaban J connectivity index is 1.69. The summed E-state index contributed by atoms with van der Waals surface area (Å²) >= 11 is 6.06. The van der Waals surface area contributed by atoms with Crippen molar-refractivity contribution in [2.24, 2.45) is 10.3 Å². The van der Waals surface area contributed by atoms with E-state index in [1.165, 1.54) is 6.20 Å². The van der Waals surface area contributed by atoms with Gasteiger partial charge < -0.3 is 9.62 Å². The molecule has 2 aromatic carbocycles. The molecule has 0 unspecified atom stereocenters. The average molecular weight is 422 g/mol. The molecule has 2 heterocycles. The summed E-state index contributed by atoms with van der Waals surface area (Å²) < 4.78 is 5.45. The lowest BCUT2D eigenvalue weighted by molar-refractivity contribution is 0.320. The molecule has 0 radical (unpaired) electrons. The molecule has 0 bridgehead atoms. The van der Waals surface area contributed by atoms with Crippen molar-refractivity contribution in [3.63, 3.8) is 0 Å². The summed E-state index contributed by atoms with van der Waals surface area (Å²) in [5, 5.41) is 24.4. The minimum Gasteiger partial charge on any atom is -0.422 e. The van der Waals surface area contributed by atoms with Crippen molar-refractivity contribution < 1.29 is 9.62 Å². The number of halogens is 1. The Kier molecular flexibility index (Phi) is 5.32. The van der Waals surface area contributed by atoms with Crippen LogP contribution in [0.2, 0.25) is 5.02 Å². The number of anilines is 1. The number of aromatic nitrogens is 2. The summed E-state index contributed by atoms with van der Waals surface area (Å²) in [5.41, 5.74) is 5.56. The van der Waals surface area contributed by atoms with E-state index in [-0.39, 0.29) is 5.56 Å². The molecule has 8 nitrogen and oxygen atoms in total. The molecule has 9 heteroatoms. The highest BCUT2D eigenvalue weighted by atomic mass is 35.5. The predicted octanol–water partition coefficient (Wildman–Crippen LogP) is 4.50. The molecule has 0 atom stereocenters. The fourth-order valence-corrected chi connectivity index (χ4v) is 3.12. The van der Waals surface area contributed by atoms with Crippen LogP contribution in [-0.2, 0) is 0 Å². The third kappa shape index (κ3) is 3.81. The fraction of sp³-hybridized carbons (Fsp3) is 0.0476. The smallest absolute Gasteiger partial charge is 0.345 e. The first-order valence-corrected chi connectivity index (χ1v) is 9.30. The van der Waals surface area contributed by atoms with Gasteiger partial charge in [-0.2, -0.15) is 10.2 Å². The quantitative estimate of drug-likeness (QED) is 0.190. The van der Waals surface area contributed by atoms with E-state index >= 15 is 0 Å². The number of nitrogens with one attached hydrogen (secondary N) is 2. The Hall–Kier alpha value is -3.91. The van der Waals surface area contributed by atoms with E-state index in [4.69, 9.17) is 16.0 Å². The maximum absolute atomic E-state index is 12.4. The summed E-state index contributed by atoms with van der Waals surface area (Å²) in [6.45, 7) is 1.65. The monoisotopic (exact) mass is 421 g/mol. The third-order valence-corrected chi connectivity index (χ3v) is 4.71. The summed E-state index contributed by atoms with van der Waals surface area (Å²) in [4.78, 5) is 12.4. The second kappa shape index (κ2) is 8.22. The summed E-state index contributed by atoms with van der Waals surface area (Å²) in [6.07, 6.45) is 1.49. The van der Waals surface area contributed by atoms with Crippen molar-refractivity contribution in [1.29, 1.82) is 0 Å². The molecule has 0 spiro atoms. The summed E-state index contributed by atoms with van der Waals surface area (Å²) in [5.74, 6) is 0. The number of rotatable bonds is 5. The zero-order valence-corrected chi connectivity index (χ0v) is 16.5. The minimum absolute atomic E-state index is 0.272. The van der Waals surface area contributed by atoms with Gasteiger partial charge in [0.2, 0.25) is 0 Å². The molecule has 0 aliphatic rings. The molecule has 0 aliphatic heterocycles. The van der Waals surface area contributed by atoms with Crippen LogP contribution in [0.15, 0.2) is 80.3 Å². The summed E-state index contributed by atoms with van der Waals surface area (Å²) in [7, 11) is 0. The van der Waals surface area contributed by atoms with Crippen molar-refractivity contribution in [3.05, 3.63) is 81.8 Å². The van der Waals surface area contributed by atoms with Crippen molar-refractivity contribution in [3.8, 4) is 11.3 Å². The number of benzene rings is 2. The van der Waals surface area contributed by atoms with Crippen molar-refractivity contribution in [2.75, 3.05) is 5.43 Å². The number of hydrogen-bond donors (Lipinski definition) is 3. The van der Waals surface area contributed by atoms with Gasteiger partial charge in [-0.25, -0.2) is 4.79 Å². The Morgan fingerprint density at radius 3 is 2.70 bits per heavy atom. The Morgan fingerprint density at radius 2 is 2.00 bits per heavy atom. The Morgan fingerprint density at radius 1 is 1.20 bits per heavy atom. The second-order valence-electron chi connectivity index (χ2n) is 6.41. The molecular weight excluding hydrogens is 406 g/mol. The van der Waals surface area contributed by atoms with Gasteiger partial charge in [0.05, 0.1) is 16.3 Å². The molecular formula is C21H16ClN5O3. The first-order valence-electron chi connectivity index (χ1n) is 8.92. The Labute approximate surface area is 175 Å². The lowest BCUT2D eigenvalue weighted by Gasteiger charge is -2.08. The van der Waals surface area contributed by atoms with Crippen LogP contribution in [0.5, 0.6) is 0 Å². The number of hydrazone groups is 1. The molecule has 4 aromatic rings. The fourth-order valence-electron chi connectivity index (χ4n) is 2.93. The number of hydrogen-bond acceptors (Lipinski definition) is 7. The van der Waals surface area contributed by atoms with Gasteiger partial charge in [0, 0.05) is 23.2 Å². The summed E-state index contributed by atoms with van der Waals surface area (Å²) in [6, 6.07) is 16.2. The first kappa shape index (κ1) is 19.4. The maximum Gasteiger partial charge on any atom is 0.345 e. The first-order chi connectivity index (χ1) is 14.6. The molecule has 0 saturated heterocycles. The van der Waals surface area contributed by atoms with Gasteiger partial charge >= 0.3 is 5.63 Å².